The Morgan fingerprint density at radius 3 is 1.00 bits per heavy atom. The highest BCUT2D eigenvalue weighted by Crippen LogP contribution is 1.98. The second-order valence-electron chi connectivity index (χ2n) is 6.01. The summed E-state index contributed by atoms with van der Waals surface area (Å²) in [6.07, 6.45) is 1.63. The highest BCUT2D eigenvalue weighted by Gasteiger charge is 2.16. The fourth-order valence-electron chi connectivity index (χ4n) is 2.58. The first kappa shape index (κ1) is 23.3. The van der Waals surface area contributed by atoms with Crippen LogP contribution >= 0.6 is 0 Å². The molecule has 146 valence electrons. The van der Waals surface area contributed by atoms with E-state index in [4.69, 9.17) is 15.3 Å². The van der Waals surface area contributed by atoms with Gasteiger partial charge in [-0.1, -0.05) is 13.8 Å². The van der Waals surface area contributed by atoms with Gasteiger partial charge in [0, 0.05) is 26.2 Å². The second-order valence-corrected chi connectivity index (χ2v) is 6.01. The summed E-state index contributed by atoms with van der Waals surface area (Å²) in [6.45, 7) is 6.64. The number of carbonyl (C=O) groups is 3. The maximum absolute atomic E-state index is 11.0. The van der Waals surface area contributed by atoms with Crippen molar-refractivity contribution in [1.82, 2.24) is 14.7 Å². The molecule has 0 spiro atoms. The van der Waals surface area contributed by atoms with Crippen LogP contribution in [0.3, 0.4) is 0 Å². The molecule has 0 aliphatic heterocycles. The molecule has 0 aromatic carbocycles. The van der Waals surface area contributed by atoms with Crippen molar-refractivity contribution in [3.05, 3.63) is 0 Å². The van der Waals surface area contributed by atoms with Gasteiger partial charge in [-0.25, -0.2) is 0 Å². The molecule has 0 aliphatic rings. The Hall–Kier alpha value is -1.71. The number of rotatable bonds is 16. The van der Waals surface area contributed by atoms with E-state index in [9.17, 15) is 14.4 Å². The first-order valence-electron chi connectivity index (χ1n) is 8.60. The summed E-state index contributed by atoms with van der Waals surface area (Å²) in [6, 6.07) is 0. The number of aliphatic carboxylic acids is 3. The van der Waals surface area contributed by atoms with E-state index in [1.165, 1.54) is 0 Å². The molecule has 0 amide bonds. The predicted molar refractivity (Wildman–Crippen MR) is 92.8 cm³/mol. The molecule has 0 unspecified atom stereocenters. The zero-order chi connectivity index (χ0) is 19.2. The zero-order valence-electron chi connectivity index (χ0n) is 15.2. The Morgan fingerprint density at radius 2 is 0.800 bits per heavy atom. The lowest BCUT2D eigenvalue weighted by Gasteiger charge is -2.28. The summed E-state index contributed by atoms with van der Waals surface area (Å²) >= 11 is 0. The van der Waals surface area contributed by atoms with Crippen LogP contribution in [0, 0.1) is 0 Å². The molecular formula is C16H31N3O6. The molecule has 0 fully saturated rings. The maximum atomic E-state index is 11.0. The van der Waals surface area contributed by atoms with Crippen LogP contribution in [0.25, 0.3) is 0 Å². The van der Waals surface area contributed by atoms with Crippen LogP contribution in [0.5, 0.6) is 0 Å². The third-order valence-corrected chi connectivity index (χ3v) is 3.62. The van der Waals surface area contributed by atoms with Crippen molar-refractivity contribution in [2.45, 2.75) is 26.7 Å². The molecule has 0 saturated heterocycles. The van der Waals surface area contributed by atoms with Gasteiger partial charge in [0.05, 0.1) is 19.6 Å². The molecule has 0 aromatic heterocycles. The number of nitrogens with zero attached hydrogens (tertiary/aromatic N) is 3. The minimum Gasteiger partial charge on any atom is -0.480 e. The maximum Gasteiger partial charge on any atom is 0.317 e. The fourth-order valence-corrected chi connectivity index (χ4v) is 2.58. The Labute approximate surface area is 148 Å². The van der Waals surface area contributed by atoms with Crippen molar-refractivity contribution in [2.24, 2.45) is 0 Å². The van der Waals surface area contributed by atoms with Crippen LogP contribution in [0.15, 0.2) is 0 Å². The molecular weight excluding hydrogens is 330 g/mol. The smallest absolute Gasteiger partial charge is 0.317 e. The lowest BCUT2D eigenvalue weighted by atomic mass is 10.3. The van der Waals surface area contributed by atoms with Crippen molar-refractivity contribution in [3.63, 3.8) is 0 Å². The molecule has 0 aliphatic carbocycles. The van der Waals surface area contributed by atoms with Crippen LogP contribution in [0.2, 0.25) is 0 Å². The Bertz CT molecular complexity index is 389. The summed E-state index contributed by atoms with van der Waals surface area (Å²) in [5, 5.41) is 26.9. The molecule has 9 heteroatoms. The third-order valence-electron chi connectivity index (χ3n) is 3.62. The quantitative estimate of drug-likeness (QED) is 0.348. The van der Waals surface area contributed by atoms with Gasteiger partial charge < -0.3 is 15.3 Å². The molecule has 25 heavy (non-hydrogen) atoms. The van der Waals surface area contributed by atoms with Gasteiger partial charge in [0.15, 0.2) is 0 Å². The van der Waals surface area contributed by atoms with E-state index in [-0.39, 0.29) is 19.6 Å². The first-order chi connectivity index (χ1) is 11.8. The molecule has 3 N–H and O–H groups in total. The largest absolute Gasteiger partial charge is 0.480 e. The Balaban J connectivity index is 4.62. The predicted octanol–water partition coefficient (Wildman–Crippen LogP) is -0.0338. The van der Waals surface area contributed by atoms with Crippen molar-refractivity contribution < 1.29 is 29.7 Å². The van der Waals surface area contributed by atoms with Gasteiger partial charge in [-0.2, -0.15) is 0 Å². The van der Waals surface area contributed by atoms with Crippen molar-refractivity contribution in [3.8, 4) is 0 Å². The number of hydrogen-bond donors (Lipinski definition) is 3. The average molecular weight is 361 g/mol. The SMILES string of the molecule is CCCN(CCN(CCN(CCC)CC(=O)O)CC(=O)O)CC(=O)O. The van der Waals surface area contributed by atoms with Crippen LogP contribution < -0.4 is 0 Å². The minimum absolute atomic E-state index is 0.0737. The highest BCUT2D eigenvalue weighted by molar-refractivity contribution is 5.69. The molecule has 0 atom stereocenters. The molecule has 0 saturated carbocycles. The van der Waals surface area contributed by atoms with E-state index in [0.29, 0.717) is 39.3 Å². The van der Waals surface area contributed by atoms with Crippen LogP contribution in [-0.2, 0) is 14.4 Å². The summed E-state index contributed by atoms with van der Waals surface area (Å²) in [5.74, 6) is -2.77. The van der Waals surface area contributed by atoms with Crippen LogP contribution in [-0.4, -0.2) is 107 Å². The topological polar surface area (TPSA) is 122 Å². The normalized spacial score (nSPS) is 11.4. The van der Waals surface area contributed by atoms with Gasteiger partial charge in [-0.05, 0) is 25.9 Å². The summed E-state index contributed by atoms with van der Waals surface area (Å²) in [5.41, 5.74) is 0. The lowest BCUT2D eigenvalue weighted by Crippen LogP contribution is -2.44. The summed E-state index contributed by atoms with van der Waals surface area (Å²) in [7, 11) is 0. The average Bonchev–Trinajstić information content (AvgIpc) is 2.48. The van der Waals surface area contributed by atoms with Gasteiger partial charge in [-0.3, -0.25) is 29.1 Å². The van der Waals surface area contributed by atoms with Crippen LogP contribution in [0.1, 0.15) is 26.7 Å². The number of carboxylic acid groups (broad SMARTS) is 3. The van der Waals surface area contributed by atoms with Gasteiger partial charge in [0.25, 0.3) is 0 Å². The number of carboxylic acids is 3. The lowest BCUT2D eigenvalue weighted by molar-refractivity contribution is -0.140. The Morgan fingerprint density at radius 1 is 0.560 bits per heavy atom. The van der Waals surface area contributed by atoms with Gasteiger partial charge in [0.1, 0.15) is 0 Å². The second kappa shape index (κ2) is 13.6. The third kappa shape index (κ3) is 13.3. The molecule has 0 bridgehead atoms. The highest BCUT2D eigenvalue weighted by atomic mass is 16.4. The van der Waals surface area contributed by atoms with Gasteiger partial charge in [-0.15, -0.1) is 0 Å². The molecule has 0 aromatic rings. The Kier molecular flexibility index (Phi) is 12.6. The fraction of sp³-hybridized carbons (Fsp3) is 0.812. The monoisotopic (exact) mass is 361 g/mol. The molecule has 9 nitrogen and oxygen atoms in total. The van der Waals surface area contributed by atoms with Crippen molar-refractivity contribution in [2.75, 3.05) is 58.9 Å². The van der Waals surface area contributed by atoms with E-state index in [1.807, 2.05) is 13.8 Å². The van der Waals surface area contributed by atoms with E-state index >= 15 is 0 Å². The number of hydrogen-bond acceptors (Lipinski definition) is 6. The molecule has 0 heterocycles. The van der Waals surface area contributed by atoms with Gasteiger partial charge >= 0.3 is 17.9 Å². The van der Waals surface area contributed by atoms with Crippen LogP contribution in [0.4, 0.5) is 0 Å². The van der Waals surface area contributed by atoms with E-state index in [2.05, 4.69) is 0 Å². The first-order valence-corrected chi connectivity index (χ1v) is 8.60. The standard InChI is InChI=1S/C16H31N3O6/c1-3-5-17(11-14(20)21)7-9-19(13-16(24)25)10-8-18(6-4-2)12-15(22)23/h3-13H2,1-2H3,(H,20,21)(H,22,23)(H,24,25). The van der Waals surface area contributed by atoms with E-state index < -0.39 is 17.9 Å². The zero-order valence-corrected chi connectivity index (χ0v) is 15.2. The summed E-state index contributed by atoms with van der Waals surface area (Å²) < 4.78 is 0. The van der Waals surface area contributed by atoms with Gasteiger partial charge in [0.2, 0.25) is 0 Å². The minimum atomic E-state index is -0.958. The van der Waals surface area contributed by atoms with E-state index in [0.717, 1.165) is 12.8 Å². The molecule has 0 radical (unpaired) electrons. The van der Waals surface area contributed by atoms with Crippen molar-refractivity contribution in [1.29, 1.82) is 0 Å². The summed E-state index contributed by atoms with van der Waals surface area (Å²) in [4.78, 5) is 38.1. The molecule has 0 rings (SSSR count). The van der Waals surface area contributed by atoms with Crippen molar-refractivity contribution >= 4 is 17.9 Å². The van der Waals surface area contributed by atoms with E-state index in [1.54, 1.807) is 14.7 Å².